The fraction of sp³-hybridized carbons (Fsp3) is 0.317. The number of aromatic nitrogens is 4. The molecule has 274 valence electrons. The number of carboxylic acids is 1. The van der Waals surface area contributed by atoms with Crippen LogP contribution in [0.1, 0.15) is 78.1 Å². The minimum Gasteiger partial charge on any atom is -0.481 e. The summed E-state index contributed by atoms with van der Waals surface area (Å²) in [4.78, 5) is 68.0. The predicted molar refractivity (Wildman–Crippen MR) is 201 cm³/mol. The molecule has 0 fully saturated rings. The monoisotopic (exact) mass is 718 g/mol. The summed E-state index contributed by atoms with van der Waals surface area (Å²) in [5, 5.41) is 9.65. The van der Waals surface area contributed by atoms with E-state index in [1.807, 2.05) is 52.0 Å². The van der Waals surface area contributed by atoms with Crippen molar-refractivity contribution in [1.82, 2.24) is 19.9 Å². The van der Waals surface area contributed by atoms with Gasteiger partial charge in [0.1, 0.15) is 5.92 Å². The molecule has 0 aromatic carbocycles. The lowest BCUT2D eigenvalue weighted by Gasteiger charge is -2.36. The van der Waals surface area contributed by atoms with Crippen molar-refractivity contribution < 1.29 is 38.5 Å². The molecule has 2 unspecified atom stereocenters. The first-order valence-corrected chi connectivity index (χ1v) is 17.2. The number of carbonyl (C=O) groups excluding carboxylic acids is 3. The van der Waals surface area contributed by atoms with Crippen LogP contribution in [0.3, 0.4) is 0 Å². The first-order valence-electron chi connectivity index (χ1n) is 17.2. The van der Waals surface area contributed by atoms with Gasteiger partial charge in [-0.05, 0) is 98.2 Å². The highest BCUT2D eigenvalue weighted by atomic mass is 16.5. The first kappa shape index (κ1) is 36.7. The molecule has 12 heteroatoms. The van der Waals surface area contributed by atoms with Crippen molar-refractivity contribution in [2.45, 2.75) is 58.8 Å². The lowest BCUT2D eigenvalue weighted by Crippen LogP contribution is -2.42. The molecule has 2 atom stereocenters. The topological polar surface area (TPSA) is 174 Å². The van der Waals surface area contributed by atoms with Gasteiger partial charge in [0, 0.05) is 40.5 Å². The van der Waals surface area contributed by atoms with Crippen molar-refractivity contribution >= 4 is 68.7 Å². The Balaban J connectivity index is 1.77. The third-order valence-electron chi connectivity index (χ3n) is 10.7. The number of fused-ring (bicyclic) bond motifs is 11. The summed E-state index contributed by atoms with van der Waals surface area (Å²) in [5.41, 5.74) is 9.93. The fourth-order valence-electron chi connectivity index (χ4n) is 7.68. The second-order valence-electron chi connectivity index (χ2n) is 13.5. The van der Waals surface area contributed by atoms with Gasteiger partial charge in [0.25, 0.3) is 0 Å². The van der Waals surface area contributed by atoms with Crippen LogP contribution >= 0.6 is 0 Å². The summed E-state index contributed by atoms with van der Waals surface area (Å²) in [6, 6.07) is 7.59. The molecular weight excluding hydrogens is 676 g/mol. The van der Waals surface area contributed by atoms with E-state index in [9.17, 15) is 24.3 Å². The molecule has 3 N–H and O–H groups in total. The Morgan fingerprint density at radius 2 is 1.51 bits per heavy atom. The van der Waals surface area contributed by atoms with E-state index in [1.54, 1.807) is 18.2 Å². The molecular formula is C41H42N4O8. The summed E-state index contributed by atoms with van der Waals surface area (Å²) >= 11 is 0. The van der Waals surface area contributed by atoms with Crippen molar-refractivity contribution in [3.63, 3.8) is 0 Å². The number of aromatic amines is 2. The smallest absolute Gasteiger partial charge is 0.334 e. The first-order chi connectivity index (χ1) is 25.3. The number of carboxylic acid groups (broad SMARTS) is 1. The fourth-order valence-corrected chi connectivity index (χ4v) is 7.68. The van der Waals surface area contributed by atoms with Crippen molar-refractivity contribution in [1.29, 1.82) is 0 Å². The number of esters is 3. The third kappa shape index (κ3) is 6.28. The Labute approximate surface area is 306 Å². The van der Waals surface area contributed by atoms with Crippen LogP contribution in [0.5, 0.6) is 0 Å². The van der Waals surface area contributed by atoms with E-state index in [1.165, 1.54) is 21.3 Å². The largest absolute Gasteiger partial charge is 0.481 e. The number of aryl methyl sites for hydroxylation is 3. The summed E-state index contributed by atoms with van der Waals surface area (Å²) in [5.74, 6) is -3.64. The number of carbonyl (C=O) groups is 4. The van der Waals surface area contributed by atoms with Crippen LogP contribution in [0.25, 0.3) is 44.9 Å². The van der Waals surface area contributed by atoms with E-state index in [0.29, 0.717) is 51.3 Å². The second-order valence-corrected chi connectivity index (χ2v) is 13.5. The number of aliphatic carboxylic acids is 1. The van der Waals surface area contributed by atoms with Crippen LogP contribution < -0.4 is 0 Å². The third-order valence-corrected chi connectivity index (χ3v) is 10.7. The van der Waals surface area contributed by atoms with Gasteiger partial charge in [0.15, 0.2) is 0 Å². The molecule has 3 aliphatic rings. The Morgan fingerprint density at radius 3 is 2.17 bits per heavy atom. The number of hydrogen-bond donors (Lipinski definition) is 3. The molecule has 0 saturated carbocycles. The highest BCUT2D eigenvalue weighted by Gasteiger charge is 2.53. The van der Waals surface area contributed by atoms with Crippen molar-refractivity contribution in [3.8, 4) is 0 Å². The van der Waals surface area contributed by atoms with Gasteiger partial charge in [0.2, 0.25) is 0 Å². The zero-order valence-corrected chi connectivity index (χ0v) is 30.9. The Kier molecular flexibility index (Phi) is 9.83. The quantitative estimate of drug-likeness (QED) is 0.159. The molecule has 53 heavy (non-hydrogen) atoms. The van der Waals surface area contributed by atoms with Crippen LogP contribution in [0.15, 0.2) is 48.6 Å². The van der Waals surface area contributed by atoms with Gasteiger partial charge in [-0.1, -0.05) is 24.8 Å². The Morgan fingerprint density at radius 1 is 0.830 bits per heavy atom. The lowest BCUT2D eigenvalue weighted by molar-refractivity contribution is -0.149. The van der Waals surface area contributed by atoms with E-state index in [0.717, 1.165) is 38.9 Å². The Hall–Kier alpha value is -6.04. The molecule has 2 aliphatic heterocycles. The highest BCUT2D eigenvalue weighted by Crippen LogP contribution is 2.52. The average Bonchev–Trinajstić information content (AvgIpc) is 3.79. The molecule has 0 saturated heterocycles. The van der Waals surface area contributed by atoms with Gasteiger partial charge in [-0.15, -0.1) is 0 Å². The second kappa shape index (κ2) is 14.2. The van der Waals surface area contributed by atoms with Crippen LogP contribution in [0.4, 0.5) is 0 Å². The molecule has 0 amide bonds. The maximum absolute atomic E-state index is 13.7. The minimum absolute atomic E-state index is 0.0977. The predicted octanol–water partition coefficient (Wildman–Crippen LogP) is 6.72. The SMILES string of the molecule is C=Cc1c(C)c2cc3nc(cc4[nH]c(cc5nc(cc1[nH]2)C1(C)C5=CC=C(C(=O)OC)C1C(=O)OC)c(C)c4CCC(=O)O)C(CCC(=O)OC)=C3C. The number of hydrogen-bond acceptors (Lipinski definition) is 9. The number of nitrogens with zero attached hydrogens (tertiary/aromatic N) is 2. The number of methoxy groups -OCH3 is 3. The Bertz CT molecular complexity index is 2370. The van der Waals surface area contributed by atoms with E-state index in [2.05, 4.69) is 16.5 Å². The maximum atomic E-state index is 13.7. The van der Waals surface area contributed by atoms with Gasteiger partial charge in [-0.3, -0.25) is 19.4 Å². The minimum atomic E-state index is -1.17. The summed E-state index contributed by atoms with van der Waals surface area (Å²) in [6.45, 7) is 11.8. The zero-order valence-electron chi connectivity index (χ0n) is 30.9. The number of nitrogens with one attached hydrogen (secondary N) is 2. The average molecular weight is 719 g/mol. The molecule has 0 spiro atoms. The summed E-state index contributed by atoms with van der Waals surface area (Å²) in [7, 11) is 3.90. The molecule has 1 aliphatic carbocycles. The standard InChI is InChI=1S/C41H42N4O8/c1-9-23-20(2)28-16-29-22(4)25(12-15-37(48)51-6)32(42-29)18-31-24(11-14-36(46)47)21(3)30(43-31)17-34-27-13-10-26(39(49)52-7)38(40(50)53-8)41(27,5)35(45-34)19-33(23)44-28/h9-10,13,16-19,38,43-44H,1,11-12,14-15H2,2-8H3,(H,46,47). The van der Waals surface area contributed by atoms with Crippen molar-refractivity contribution in [2.75, 3.05) is 21.3 Å². The zero-order chi connectivity index (χ0) is 38.4. The van der Waals surface area contributed by atoms with Crippen molar-refractivity contribution in [3.05, 3.63) is 93.6 Å². The van der Waals surface area contributed by atoms with Gasteiger partial charge >= 0.3 is 23.9 Å². The van der Waals surface area contributed by atoms with E-state index >= 15 is 0 Å². The molecule has 3 aromatic heterocycles. The van der Waals surface area contributed by atoms with Gasteiger partial charge < -0.3 is 29.3 Å². The molecule has 12 nitrogen and oxygen atoms in total. The van der Waals surface area contributed by atoms with E-state index in [4.69, 9.17) is 24.2 Å². The molecule has 3 aromatic rings. The van der Waals surface area contributed by atoms with Crippen LogP contribution in [0, 0.1) is 19.8 Å². The summed E-state index contributed by atoms with van der Waals surface area (Å²) in [6.07, 6.45) is 5.81. The van der Waals surface area contributed by atoms with Crippen molar-refractivity contribution in [2.24, 2.45) is 5.92 Å². The molecule has 5 heterocycles. The van der Waals surface area contributed by atoms with Gasteiger partial charge in [0.05, 0.1) is 55.1 Å². The van der Waals surface area contributed by atoms with Gasteiger partial charge in [-0.2, -0.15) is 0 Å². The molecule has 6 rings (SSSR count). The number of rotatable bonds is 9. The lowest BCUT2D eigenvalue weighted by atomic mass is 9.64. The number of ether oxygens (including phenoxy) is 3. The summed E-state index contributed by atoms with van der Waals surface area (Å²) < 4.78 is 15.3. The number of allylic oxidation sites excluding steroid dienone is 5. The molecule has 8 bridgehead atoms. The van der Waals surface area contributed by atoms with Crippen LogP contribution in [-0.4, -0.2) is 70.2 Å². The normalized spacial score (nSPS) is 17.8. The van der Waals surface area contributed by atoms with Gasteiger partial charge in [-0.25, -0.2) is 9.78 Å². The van der Waals surface area contributed by atoms with E-state index < -0.39 is 29.2 Å². The van der Waals surface area contributed by atoms with E-state index in [-0.39, 0.29) is 30.8 Å². The highest BCUT2D eigenvalue weighted by molar-refractivity contribution is 6.02. The number of H-pyrrole nitrogens is 2. The van der Waals surface area contributed by atoms with Crippen LogP contribution in [0.2, 0.25) is 0 Å². The molecule has 0 radical (unpaired) electrons. The van der Waals surface area contributed by atoms with Crippen LogP contribution in [-0.2, 0) is 45.2 Å². The maximum Gasteiger partial charge on any atom is 0.334 e.